The van der Waals surface area contributed by atoms with Crippen LogP contribution >= 0.6 is 55.8 Å². The summed E-state index contributed by atoms with van der Waals surface area (Å²) in [6.45, 7) is 0.428. The van der Waals surface area contributed by atoms with Crippen molar-refractivity contribution in [1.29, 1.82) is 0 Å². The molecule has 0 radical (unpaired) electrons. The number of nitrogens with one attached hydrogen (secondary N) is 1. The van der Waals surface area contributed by atoms with Crippen molar-refractivity contribution in [2.75, 3.05) is 0 Å². The molecule has 122 valence electrons. The van der Waals surface area contributed by atoms with Crippen LogP contribution in [0.25, 0.3) is 6.08 Å². The molecule has 7 heteroatoms. The first-order valence-corrected chi connectivity index (χ1v) is 9.74. The predicted octanol–water partition coefficient (Wildman–Crippen LogP) is 5.28. The fraction of sp³-hybridized carbons (Fsp3) is 0.0588. The summed E-state index contributed by atoms with van der Waals surface area (Å²) in [6, 6.07) is 13.6. The number of carbonyl (C=O) groups is 1. The van der Waals surface area contributed by atoms with Crippen molar-refractivity contribution < 1.29 is 9.53 Å². The Morgan fingerprint density at radius 3 is 2.71 bits per heavy atom. The molecular weight excluding hydrogens is 474 g/mol. The maximum atomic E-state index is 11.9. The number of carbonyl (C=O) groups excluding carboxylic acids is 1. The zero-order valence-corrected chi connectivity index (χ0v) is 17.0. The van der Waals surface area contributed by atoms with Crippen LogP contribution in [-0.4, -0.2) is 10.2 Å². The van der Waals surface area contributed by atoms with E-state index in [9.17, 15) is 4.79 Å². The number of ether oxygens (including phenoxy) is 1. The molecule has 0 bridgehead atoms. The summed E-state index contributed by atoms with van der Waals surface area (Å²) in [5.74, 6) is 0.523. The molecule has 1 aliphatic heterocycles. The maximum absolute atomic E-state index is 11.9. The van der Waals surface area contributed by atoms with Crippen LogP contribution in [0.2, 0.25) is 0 Å². The molecule has 0 unspecified atom stereocenters. The van der Waals surface area contributed by atoms with Crippen molar-refractivity contribution in [3.8, 4) is 5.75 Å². The molecule has 24 heavy (non-hydrogen) atoms. The lowest BCUT2D eigenvalue weighted by atomic mass is 10.2. The Labute approximate surface area is 166 Å². The van der Waals surface area contributed by atoms with Gasteiger partial charge in [0.05, 0.1) is 4.91 Å². The highest BCUT2D eigenvalue weighted by atomic mass is 79.9. The van der Waals surface area contributed by atoms with Gasteiger partial charge in [-0.2, -0.15) is 0 Å². The van der Waals surface area contributed by atoms with Gasteiger partial charge in [0.2, 0.25) is 0 Å². The number of hydrogen-bond donors (Lipinski definition) is 1. The summed E-state index contributed by atoms with van der Waals surface area (Å²) in [4.78, 5) is 12.4. The smallest absolute Gasteiger partial charge is 0.263 e. The van der Waals surface area contributed by atoms with E-state index in [1.54, 1.807) is 6.08 Å². The fourth-order valence-electron chi connectivity index (χ4n) is 2.10. The van der Waals surface area contributed by atoms with Crippen molar-refractivity contribution in [1.82, 2.24) is 5.32 Å². The summed E-state index contributed by atoms with van der Waals surface area (Å²) in [7, 11) is 0. The third kappa shape index (κ3) is 4.27. The predicted molar refractivity (Wildman–Crippen MR) is 109 cm³/mol. The van der Waals surface area contributed by atoms with Gasteiger partial charge in [0.25, 0.3) is 5.91 Å². The number of thioether (sulfide) groups is 1. The van der Waals surface area contributed by atoms with Gasteiger partial charge < -0.3 is 10.1 Å². The van der Waals surface area contributed by atoms with Crippen LogP contribution in [0, 0.1) is 0 Å². The van der Waals surface area contributed by atoms with Gasteiger partial charge in [0.1, 0.15) is 16.7 Å². The number of halogens is 2. The Kier molecular flexibility index (Phi) is 5.76. The van der Waals surface area contributed by atoms with E-state index in [-0.39, 0.29) is 5.91 Å². The topological polar surface area (TPSA) is 38.3 Å². The molecule has 1 amide bonds. The van der Waals surface area contributed by atoms with Gasteiger partial charge in [-0.3, -0.25) is 4.79 Å². The zero-order chi connectivity index (χ0) is 17.1. The minimum absolute atomic E-state index is 0.179. The summed E-state index contributed by atoms with van der Waals surface area (Å²) in [5.41, 5.74) is 1.87. The molecule has 0 aromatic heterocycles. The van der Waals surface area contributed by atoms with Crippen LogP contribution in [0.1, 0.15) is 11.1 Å². The molecule has 0 atom stereocenters. The lowest BCUT2D eigenvalue weighted by Gasteiger charge is -2.11. The Balaban J connectivity index is 1.86. The van der Waals surface area contributed by atoms with Crippen LogP contribution in [-0.2, 0) is 11.4 Å². The summed E-state index contributed by atoms with van der Waals surface area (Å²) < 4.78 is 8.34. The van der Waals surface area contributed by atoms with E-state index in [1.165, 1.54) is 11.8 Å². The van der Waals surface area contributed by atoms with Crippen molar-refractivity contribution in [3.63, 3.8) is 0 Å². The van der Waals surface area contributed by atoms with Gasteiger partial charge >= 0.3 is 0 Å². The molecule has 1 heterocycles. The minimum Gasteiger partial charge on any atom is -0.488 e. The van der Waals surface area contributed by atoms with E-state index >= 15 is 0 Å². The van der Waals surface area contributed by atoms with Crippen LogP contribution in [0.4, 0.5) is 0 Å². The molecule has 0 aliphatic carbocycles. The first kappa shape index (κ1) is 17.7. The maximum Gasteiger partial charge on any atom is 0.263 e. The standard InChI is InChI=1S/C17H11Br2NO2S2/c18-12-5-6-14(22-9-10-3-1-2-4-13(10)19)11(7-12)8-15-16(21)20-17(23)24-15/h1-8H,9H2,(H,20,21,23)/b15-8-. The molecule has 1 N–H and O–H groups in total. The lowest BCUT2D eigenvalue weighted by molar-refractivity contribution is -0.115. The van der Waals surface area contributed by atoms with Crippen LogP contribution in [0.5, 0.6) is 5.75 Å². The quantitative estimate of drug-likeness (QED) is 0.473. The van der Waals surface area contributed by atoms with E-state index in [4.69, 9.17) is 17.0 Å². The lowest BCUT2D eigenvalue weighted by Crippen LogP contribution is -2.17. The van der Waals surface area contributed by atoms with Crippen molar-refractivity contribution in [2.45, 2.75) is 6.61 Å². The molecule has 3 nitrogen and oxygen atoms in total. The highest BCUT2D eigenvalue weighted by Gasteiger charge is 2.22. The number of hydrogen-bond acceptors (Lipinski definition) is 4. The van der Waals surface area contributed by atoms with Gasteiger partial charge in [-0.05, 0) is 30.3 Å². The van der Waals surface area contributed by atoms with Crippen molar-refractivity contribution in [2.24, 2.45) is 0 Å². The van der Waals surface area contributed by atoms with Crippen molar-refractivity contribution >= 4 is 72.1 Å². The highest BCUT2D eigenvalue weighted by molar-refractivity contribution is 9.10. The first-order chi connectivity index (χ1) is 11.5. The van der Waals surface area contributed by atoms with Gasteiger partial charge in [-0.15, -0.1) is 0 Å². The SMILES string of the molecule is O=C1NC(=S)S/C1=C\c1cc(Br)ccc1OCc1ccccc1Br. The number of benzene rings is 2. The van der Waals surface area contributed by atoms with Crippen LogP contribution < -0.4 is 10.1 Å². The van der Waals surface area contributed by atoms with E-state index in [2.05, 4.69) is 37.2 Å². The second kappa shape index (κ2) is 7.82. The Bertz CT molecular complexity index is 852. The third-order valence-corrected chi connectivity index (χ3v) is 5.67. The second-order valence-electron chi connectivity index (χ2n) is 4.91. The largest absolute Gasteiger partial charge is 0.488 e. The zero-order valence-electron chi connectivity index (χ0n) is 12.2. The third-order valence-electron chi connectivity index (χ3n) is 3.24. The van der Waals surface area contributed by atoms with Gasteiger partial charge in [-0.1, -0.05) is 74.0 Å². The molecule has 0 spiro atoms. The molecule has 2 aromatic rings. The Hall–Kier alpha value is -1.15. The number of amides is 1. The van der Waals surface area contributed by atoms with E-state index in [0.29, 0.717) is 21.6 Å². The minimum atomic E-state index is -0.179. The number of rotatable bonds is 4. The summed E-state index contributed by atoms with van der Waals surface area (Å²) in [6.07, 6.45) is 1.79. The highest BCUT2D eigenvalue weighted by Crippen LogP contribution is 2.31. The second-order valence-corrected chi connectivity index (χ2v) is 8.40. The molecule has 1 fully saturated rings. The average molecular weight is 485 g/mol. The molecule has 1 saturated heterocycles. The monoisotopic (exact) mass is 483 g/mol. The first-order valence-electron chi connectivity index (χ1n) is 6.93. The van der Waals surface area contributed by atoms with Crippen LogP contribution in [0.3, 0.4) is 0 Å². The molecule has 2 aromatic carbocycles. The summed E-state index contributed by atoms with van der Waals surface area (Å²) >= 11 is 13.2. The average Bonchev–Trinajstić information content (AvgIpc) is 2.85. The Morgan fingerprint density at radius 2 is 2.00 bits per heavy atom. The van der Waals surface area contributed by atoms with E-state index < -0.39 is 0 Å². The molecular formula is C17H11Br2NO2S2. The van der Waals surface area contributed by atoms with E-state index in [1.807, 2.05) is 42.5 Å². The molecule has 3 rings (SSSR count). The van der Waals surface area contributed by atoms with Crippen LogP contribution in [0.15, 0.2) is 56.3 Å². The van der Waals surface area contributed by atoms with Gasteiger partial charge in [-0.25, -0.2) is 0 Å². The molecule has 1 aliphatic rings. The van der Waals surface area contributed by atoms with Gasteiger partial charge in [0, 0.05) is 20.1 Å². The Morgan fingerprint density at radius 1 is 1.21 bits per heavy atom. The molecule has 0 saturated carbocycles. The number of thiocarbonyl (C=S) groups is 1. The van der Waals surface area contributed by atoms with Gasteiger partial charge in [0.15, 0.2) is 0 Å². The normalized spacial score (nSPS) is 15.7. The van der Waals surface area contributed by atoms with Crippen molar-refractivity contribution in [3.05, 3.63) is 67.4 Å². The fourth-order valence-corrected chi connectivity index (χ4v) is 3.91. The summed E-state index contributed by atoms with van der Waals surface area (Å²) in [5, 5.41) is 2.61. The van der Waals surface area contributed by atoms with E-state index in [0.717, 1.165) is 20.1 Å².